The molecular formula is C22H18Cl2N2O3. The van der Waals surface area contributed by atoms with Crippen molar-refractivity contribution in [3.8, 4) is 11.5 Å². The van der Waals surface area contributed by atoms with E-state index in [1.807, 2.05) is 48.5 Å². The summed E-state index contributed by atoms with van der Waals surface area (Å²) in [6.07, 6.45) is 1.54. The number of hydrazone groups is 1. The smallest absolute Gasteiger partial charge is 0.277 e. The molecule has 0 aliphatic rings. The molecule has 148 valence electrons. The van der Waals surface area contributed by atoms with E-state index in [0.717, 1.165) is 16.9 Å². The predicted molar refractivity (Wildman–Crippen MR) is 115 cm³/mol. The first-order valence-electron chi connectivity index (χ1n) is 8.76. The van der Waals surface area contributed by atoms with Crippen molar-refractivity contribution in [3.63, 3.8) is 0 Å². The van der Waals surface area contributed by atoms with Gasteiger partial charge in [-0.1, -0.05) is 35.3 Å². The average molecular weight is 429 g/mol. The van der Waals surface area contributed by atoms with Crippen molar-refractivity contribution in [3.05, 3.63) is 94.0 Å². The molecule has 0 bridgehead atoms. The first-order valence-corrected chi connectivity index (χ1v) is 9.52. The number of nitrogens with zero attached hydrogens (tertiary/aromatic N) is 1. The molecule has 3 rings (SSSR count). The fourth-order valence-electron chi connectivity index (χ4n) is 2.29. The highest BCUT2D eigenvalue weighted by Gasteiger charge is 2.01. The largest absolute Gasteiger partial charge is 0.489 e. The highest BCUT2D eigenvalue weighted by Crippen LogP contribution is 2.16. The van der Waals surface area contributed by atoms with Gasteiger partial charge in [0, 0.05) is 10.0 Å². The third-order valence-electron chi connectivity index (χ3n) is 3.79. The van der Waals surface area contributed by atoms with E-state index in [4.69, 9.17) is 32.7 Å². The minimum Gasteiger partial charge on any atom is -0.489 e. The number of benzene rings is 3. The number of amides is 1. The summed E-state index contributed by atoms with van der Waals surface area (Å²) < 4.78 is 11.1. The second-order valence-electron chi connectivity index (χ2n) is 6.02. The number of ether oxygens (including phenoxy) is 2. The molecular weight excluding hydrogens is 411 g/mol. The second-order valence-corrected chi connectivity index (χ2v) is 6.89. The summed E-state index contributed by atoms with van der Waals surface area (Å²) in [4.78, 5) is 11.8. The van der Waals surface area contributed by atoms with E-state index < -0.39 is 0 Å². The summed E-state index contributed by atoms with van der Waals surface area (Å²) in [5, 5.41) is 5.22. The zero-order valence-electron chi connectivity index (χ0n) is 15.3. The fourth-order valence-corrected chi connectivity index (χ4v) is 2.54. The summed E-state index contributed by atoms with van der Waals surface area (Å²) in [6, 6.07) is 21.6. The summed E-state index contributed by atoms with van der Waals surface area (Å²) in [6.45, 7) is 0.310. The Morgan fingerprint density at radius 3 is 2.03 bits per heavy atom. The van der Waals surface area contributed by atoms with Gasteiger partial charge in [-0.15, -0.1) is 0 Å². The highest BCUT2D eigenvalue weighted by atomic mass is 35.5. The van der Waals surface area contributed by atoms with Crippen molar-refractivity contribution >= 4 is 35.3 Å². The zero-order chi connectivity index (χ0) is 20.5. The van der Waals surface area contributed by atoms with Gasteiger partial charge in [0.2, 0.25) is 0 Å². The minimum absolute atomic E-state index is 0.142. The van der Waals surface area contributed by atoms with E-state index in [0.29, 0.717) is 22.4 Å². The first kappa shape index (κ1) is 20.7. The van der Waals surface area contributed by atoms with Crippen molar-refractivity contribution in [1.29, 1.82) is 0 Å². The SMILES string of the molecule is O=C(COc1ccc(Cl)cc1)N/N=C\c1ccc(OCc2ccc(Cl)cc2)cc1. The van der Waals surface area contributed by atoms with Gasteiger partial charge in [0.05, 0.1) is 6.21 Å². The van der Waals surface area contributed by atoms with Gasteiger partial charge in [-0.25, -0.2) is 5.43 Å². The Hall–Kier alpha value is -3.02. The number of halogens is 2. The molecule has 7 heteroatoms. The zero-order valence-corrected chi connectivity index (χ0v) is 16.9. The van der Waals surface area contributed by atoms with Crippen LogP contribution >= 0.6 is 23.2 Å². The van der Waals surface area contributed by atoms with Crippen LogP contribution < -0.4 is 14.9 Å². The Balaban J connectivity index is 1.41. The highest BCUT2D eigenvalue weighted by molar-refractivity contribution is 6.30. The molecule has 0 aliphatic carbocycles. The van der Waals surface area contributed by atoms with Crippen LogP contribution in [-0.2, 0) is 11.4 Å². The van der Waals surface area contributed by atoms with E-state index >= 15 is 0 Å². The van der Waals surface area contributed by atoms with Crippen LogP contribution in [-0.4, -0.2) is 18.7 Å². The topological polar surface area (TPSA) is 59.9 Å². The van der Waals surface area contributed by atoms with Gasteiger partial charge >= 0.3 is 0 Å². The second kappa shape index (κ2) is 10.5. The predicted octanol–water partition coefficient (Wildman–Crippen LogP) is 5.10. The van der Waals surface area contributed by atoms with Crippen molar-refractivity contribution in [2.24, 2.45) is 5.10 Å². The molecule has 0 aliphatic heterocycles. The summed E-state index contributed by atoms with van der Waals surface area (Å²) in [5.74, 6) is 0.930. The molecule has 29 heavy (non-hydrogen) atoms. The lowest BCUT2D eigenvalue weighted by atomic mass is 10.2. The van der Waals surface area contributed by atoms with Crippen molar-refractivity contribution in [2.75, 3.05) is 6.61 Å². The van der Waals surface area contributed by atoms with E-state index in [2.05, 4.69) is 10.5 Å². The van der Waals surface area contributed by atoms with Crippen LogP contribution in [0, 0.1) is 0 Å². The maximum absolute atomic E-state index is 11.8. The molecule has 0 atom stereocenters. The summed E-state index contributed by atoms with van der Waals surface area (Å²) >= 11 is 11.7. The first-order chi connectivity index (χ1) is 14.1. The number of hydrogen-bond acceptors (Lipinski definition) is 4. The van der Waals surface area contributed by atoms with Gasteiger partial charge in [-0.2, -0.15) is 5.10 Å². The van der Waals surface area contributed by atoms with E-state index in [-0.39, 0.29) is 12.5 Å². The summed E-state index contributed by atoms with van der Waals surface area (Å²) in [7, 11) is 0. The lowest BCUT2D eigenvalue weighted by molar-refractivity contribution is -0.123. The minimum atomic E-state index is -0.362. The van der Waals surface area contributed by atoms with Gasteiger partial charge in [0.15, 0.2) is 6.61 Å². The maximum Gasteiger partial charge on any atom is 0.277 e. The third kappa shape index (κ3) is 7.14. The van der Waals surface area contributed by atoms with E-state index in [1.165, 1.54) is 0 Å². The van der Waals surface area contributed by atoms with Gasteiger partial charge in [-0.3, -0.25) is 4.79 Å². The molecule has 3 aromatic rings. The van der Waals surface area contributed by atoms with Crippen LogP contribution in [0.25, 0.3) is 0 Å². The molecule has 5 nitrogen and oxygen atoms in total. The molecule has 0 spiro atoms. The maximum atomic E-state index is 11.8. The molecule has 1 N–H and O–H groups in total. The van der Waals surface area contributed by atoms with Crippen molar-refractivity contribution in [1.82, 2.24) is 5.43 Å². The van der Waals surface area contributed by atoms with Crippen LogP contribution in [0.2, 0.25) is 10.0 Å². The molecule has 0 unspecified atom stereocenters. The molecule has 0 fully saturated rings. The molecule has 3 aromatic carbocycles. The van der Waals surface area contributed by atoms with Crippen LogP contribution in [0.1, 0.15) is 11.1 Å². The molecule has 0 heterocycles. The molecule has 1 amide bonds. The number of rotatable bonds is 8. The Kier molecular flexibility index (Phi) is 7.50. The lowest BCUT2D eigenvalue weighted by Crippen LogP contribution is -2.24. The Bertz CT molecular complexity index is 957. The average Bonchev–Trinajstić information content (AvgIpc) is 2.74. The molecule has 0 saturated heterocycles. The number of carbonyl (C=O) groups excluding carboxylic acids is 1. The van der Waals surface area contributed by atoms with Gasteiger partial charge in [0.1, 0.15) is 18.1 Å². The van der Waals surface area contributed by atoms with E-state index in [1.54, 1.807) is 30.5 Å². The molecule has 0 radical (unpaired) electrons. The van der Waals surface area contributed by atoms with Gasteiger partial charge < -0.3 is 9.47 Å². The fraction of sp³-hybridized carbons (Fsp3) is 0.0909. The Morgan fingerprint density at radius 2 is 1.38 bits per heavy atom. The van der Waals surface area contributed by atoms with Crippen LogP contribution in [0.15, 0.2) is 77.9 Å². The third-order valence-corrected chi connectivity index (χ3v) is 4.29. The van der Waals surface area contributed by atoms with E-state index in [9.17, 15) is 4.79 Å². The molecule has 0 saturated carbocycles. The van der Waals surface area contributed by atoms with Crippen molar-refractivity contribution in [2.45, 2.75) is 6.61 Å². The summed E-state index contributed by atoms with van der Waals surface area (Å²) in [5.41, 5.74) is 4.27. The Labute approximate surface area is 178 Å². The molecule has 0 aromatic heterocycles. The standard InChI is InChI=1S/C22H18Cl2N2O3/c23-18-5-1-17(2-6-18)14-28-20-9-3-16(4-10-20)13-25-26-22(27)15-29-21-11-7-19(24)8-12-21/h1-13H,14-15H2,(H,26,27)/b25-13-. The van der Waals surface area contributed by atoms with Crippen LogP contribution in [0.5, 0.6) is 11.5 Å². The normalized spacial score (nSPS) is 10.7. The quantitative estimate of drug-likeness (QED) is 0.400. The number of hydrogen-bond donors (Lipinski definition) is 1. The number of nitrogens with one attached hydrogen (secondary N) is 1. The van der Waals surface area contributed by atoms with Gasteiger partial charge in [0.25, 0.3) is 5.91 Å². The van der Waals surface area contributed by atoms with Crippen molar-refractivity contribution < 1.29 is 14.3 Å². The number of carbonyl (C=O) groups is 1. The van der Waals surface area contributed by atoms with Gasteiger partial charge in [-0.05, 0) is 71.8 Å². The van der Waals surface area contributed by atoms with Crippen LogP contribution in [0.3, 0.4) is 0 Å². The monoisotopic (exact) mass is 428 g/mol. The Morgan fingerprint density at radius 1 is 0.828 bits per heavy atom. The lowest BCUT2D eigenvalue weighted by Gasteiger charge is -2.06. The van der Waals surface area contributed by atoms with Crippen LogP contribution in [0.4, 0.5) is 0 Å².